The molecule has 0 amide bonds. The molecule has 0 saturated heterocycles. The van der Waals surface area contributed by atoms with Crippen LogP contribution in [0.2, 0.25) is 0 Å². The zero-order chi connectivity index (χ0) is 12.5. The Bertz CT molecular complexity index is 274. The molecule has 1 aliphatic heterocycles. The lowest BCUT2D eigenvalue weighted by atomic mass is 10.5. The summed E-state index contributed by atoms with van der Waals surface area (Å²) in [5.74, 6) is 0.896. The van der Waals surface area contributed by atoms with Gasteiger partial charge in [-0.05, 0) is 25.3 Å². The van der Waals surface area contributed by atoms with Crippen LogP contribution in [-0.4, -0.2) is 28.9 Å². The van der Waals surface area contributed by atoms with Crippen molar-refractivity contribution in [3.05, 3.63) is 22.9 Å². The molecule has 0 N–H and O–H groups in total. The number of hydrogen-bond donors (Lipinski definition) is 0. The van der Waals surface area contributed by atoms with Crippen molar-refractivity contribution in [2.75, 3.05) is 19.8 Å². The van der Waals surface area contributed by atoms with E-state index in [1.165, 1.54) is 0 Å². The van der Waals surface area contributed by atoms with E-state index in [0.717, 1.165) is 50.2 Å². The summed E-state index contributed by atoms with van der Waals surface area (Å²) in [6.45, 7) is 8.63. The molecule has 4 heteroatoms. The van der Waals surface area contributed by atoms with Gasteiger partial charge in [-0.25, -0.2) is 0 Å². The first-order valence-electron chi connectivity index (χ1n) is 6.63. The molecule has 3 nitrogen and oxygen atoms in total. The quantitative estimate of drug-likeness (QED) is 0.594. The van der Waals surface area contributed by atoms with E-state index in [1.807, 2.05) is 6.08 Å². The predicted octanol–water partition coefficient (Wildman–Crippen LogP) is 2.85. The Balaban J connectivity index is 2.59. The van der Waals surface area contributed by atoms with Gasteiger partial charge in [0.2, 0.25) is 0 Å². The van der Waals surface area contributed by atoms with E-state index in [4.69, 9.17) is 13.9 Å². The average molecular weight is 256 g/mol. The molecule has 1 unspecified atom stereocenters. The van der Waals surface area contributed by atoms with Gasteiger partial charge in [-0.1, -0.05) is 26.5 Å². The zero-order valence-electron chi connectivity index (χ0n) is 11.2. The van der Waals surface area contributed by atoms with E-state index in [0.29, 0.717) is 0 Å². The molecule has 0 aromatic heterocycles. The summed E-state index contributed by atoms with van der Waals surface area (Å²) >= 11 is 0. The minimum atomic E-state index is -1.49. The Hall–Kier alpha value is -0.743. The third-order valence-corrected chi connectivity index (χ3v) is 4.45. The van der Waals surface area contributed by atoms with Crippen molar-refractivity contribution in [3.8, 4) is 0 Å². The van der Waals surface area contributed by atoms with Gasteiger partial charge in [-0.15, -0.1) is 0 Å². The lowest BCUT2D eigenvalue weighted by Gasteiger charge is -2.15. The summed E-state index contributed by atoms with van der Waals surface area (Å²) in [6.07, 6.45) is 5.09. The molecule has 1 rings (SSSR count). The summed E-state index contributed by atoms with van der Waals surface area (Å²) in [7, 11) is -1.49. The van der Waals surface area contributed by atoms with Crippen molar-refractivity contribution in [1.82, 2.24) is 0 Å². The van der Waals surface area contributed by atoms with E-state index >= 15 is 0 Å². The second kappa shape index (κ2) is 8.36. The molecular weight excluding hydrogens is 232 g/mol. The molecule has 0 aromatic rings. The molecule has 0 fully saturated rings. The molecule has 98 valence electrons. The van der Waals surface area contributed by atoms with Crippen LogP contribution in [0.1, 0.15) is 40.0 Å². The molecule has 0 aromatic carbocycles. The fraction of sp³-hybridized carbons (Fsp3) is 0.692. The van der Waals surface area contributed by atoms with Gasteiger partial charge in [0.25, 0.3) is 9.04 Å². The smallest absolute Gasteiger partial charge is 0.276 e. The summed E-state index contributed by atoms with van der Waals surface area (Å²) in [5.41, 5.74) is 2.14. The molecular formula is C13H24O3Si. The first-order valence-corrected chi connectivity index (χ1v) is 8.34. The summed E-state index contributed by atoms with van der Waals surface area (Å²) in [4.78, 5) is 0. The van der Waals surface area contributed by atoms with E-state index in [9.17, 15) is 0 Å². The topological polar surface area (TPSA) is 27.7 Å². The second-order valence-electron chi connectivity index (χ2n) is 4.08. The highest BCUT2D eigenvalue weighted by Gasteiger charge is 2.26. The number of allylic oxidation sites excluding steroid dienone is 1. The highest BCUT2D eigenvalue weighted by Crippen LogP contribution is 2.22. The van der Waals surface area contributed by atoms with Crippen molar-refractivity contribution >= 4 is 9.04 Å². The summed E-state index contributed by atoms with van der Waals surface area (Å²) in [6, 6.07) is 0. The van der Waals surface area contributed by atoms with Crippen LogP contribution in [0.3, 0.4) is 0 Å². The molecule has 0 bridgehead atoms. The van der Waals surface area contributed by atoms with Crippen LogP contribution in [0.5, 0.6) is 0 Å². The predicted molar refractivity (Wildman–Crippen MR) is 72.0 cm³/mol. The lowest BCUT2D eigenvalue weighted by molar-refractivity contribution is 0.171. The maximum atomic E-state index is 5.86. The second-order valence-corrected chi connectivity index (χ2v) is 6.16. The van der Waals surface area contributed by atoms with Gasteiger partial charge >= 0.3 is 0 Å². The molecule has 17 heavy (non-hydrogen) atoms. The van der Waals surface area contributed by atoms with Crippen LogP contribution in [0, 0.1) is 0 Å². The van der Waals surface area contributed by atoms with Crippen molar-refractivity contribution in [1.29, 1.82) is 0 Å². The van der Waals surface area contributed by atoms with Crippen molar-refractivity contribution in [2.45, 2.75) is 40.0 Å². The van der Waals surface area contributed by atoms with E-state index in [-0.39, 0.29) is 0 Å². The SMILES string of the molecule is CCCOC1=C(OCCC)[SiH](OCCC)C=C1. The van der Waals surface area contributed by atoms with Crippen LogP contribution < -0.4 is 0 Å². The monoisotopic (exact) mass is 256 g/mol. The zero-order valence-corrected chi connectivity index (χ0v) is 12.4. The number of ether oxygens (including phenoxy) is 2. The van der Waals surface area contributed by atoms with Crippen molar-refractivity contribution < 1.29 is 13.9 Å². The van der Waals surface area contributed by atoms with E-state index in [1.54, 1.807) is 0 Å². The van der Waals surface area contributed by atoms with Gasteiger partial charge in [0.05, 0.1) is 13.2 Å². The largest absolute Gasteiger partial charge is 0.496 e. The normalized spacial score (nSPS) is 18.9. The van der Waals surface area contributed by atoms with Gasteiger partial charge in [0.1, 0.15) is 5.38 Å². The third-order valence-electron chi connectivity index (χ3n) is 2.35. The van der Waals surface area contributed by atoms with E-state index in [2.05, 4.69) is 26.5 Å². The number of hydrogen-bond acceptors (Lipinski definition) is 3. The maximum Gasteiger partial charge on any atom is 0.276 e. The molecule has 1 aliphatic rings. The van der Waals surface area contributed by atoms with Crippen LogP contribution in [0.25, 0.3) is 0 Å². The number of rotatable bonds is 9. The Morgan fingerprint density at radius 2 is 1.59 bits per heavy atom. The lowest BCUT2D eigenvalue weighted by Crippen LogP contribution is -2.21. The Morgan fingerprint density at radius 3 is 2.24 bits per heavy atom. The van der Waals surface area contributed by atoms with E-state index < -0.39 is 9.04 Å². The van der Waals surface area contributed by atoms with Crippen LogP contribution in [0.4, 0.5) is 0 Å². The van der Waals surface area contributed by atoms with Gasteiger partial charge in [-0.3, -0.25) is 0 Å². The highest BCUT2D eigenvalue weighted by molar-refractivity contribution is 6.66. The first kappa shape index (κ1) is 14.3. The third kappa shape index (κ3) is 4.56. The Morgan fingerprint density at radius 1 is 0.941 bits per heavy atom. The minimum Gasteiger partial charge on any atom is -0.496 e. The fourth-order valence-corrected chi connectivity index (χ4v) is 3.58. The standard InChI is InChI=1S/C13H24O3Si/c1-4-8-14-12-7-11-17(16-10-6-3)13(12)15-9-5-2/h7,11,17H,4-6,8-10H2,1-3H3. The summed E-state index contributed by atoms with van der Waals surface area (Å²) < 4.78 is 17.4. The van der Waals surface area contributed by atoms with Crippen LogP contribution >= 0.6 is 0 Å². The summed E-state index contributed by atoms with van der Waals surface area (Å²) in [5, 5.41) is 0.980. The molecule has 0 spiro atoms. The molecule has 0 saturated carbocycles. The molecule has 0 aliphatic carbocycles. The average Bonchev–Trinajstić information content (AvgIpc) is 2.73. The van der Waals surface area contributed by atoms with Crippen LogP contribution in [-0.2, 0) is 13.9 Å². The molecule has 0 radical (unpaired) electrons. The van der Waals surface area contributed by atoms with Gasteiger partial charge in [0, 0.05) is 6.61 Å². The first-order chi connectivity index (χ1) is 8.33. The molecule has 1 atom stereocenters. The highest BCUT2D eigenvalue weighted by atomic mass is 28.3. The van der Waals surface area contributed by atoms with Crippen molar-refractivity contribution in [3.63, 3.8) is 0 Å². The van der Waals surface area contributed by atoms with Crippen LogP contribution in [0.15, 0.2) is 22.9 Å². The minimum absolute atomic E-state index is 0.744. The Kier molecular flexibility index (Phi) is 7.04. The van der Waals surface area contributed by atoms with Crippen molar-refractivity contribution in [2.24, 2.45) is 0 Å². The molecule has 1 heterocycles. The van der Waals surface area contributed by atoms with Gasteiger partial charge in [0.15, 0.2) is 5.76 Å². The maximum absolute atomic E-state index is 5.86. The fourth-order valence-electron chi connectivity index (χ4n) is 1.56. The van der Waals surface area contributed by atoms with Gasteiger partial charge < -0.3 is 13.9 Å². The Labute approximate surface area is 106 Å². The van der Waals surface area contributed by atoms with Gasteiger partial charge in [-0.2, -0.15) is 0 Å².